The summed E-state index contributed by atoms with van der Waals surface area (Å²) >= 11 is 0. The predicted octanol–water partition coefficient (Wildman–Crippen LogP) is 1.10. The van der Waals surface area contributed by atoms with Gasteiger partial charge < -0.3 is 15.2 Å². The lowest BCUT2D eigenvalue weighted by molar-refractivity contribution is 0.109. The molecule has 2 N–H and O–H groups in total. The van der Waals surface area contributed by atoms with Crippen LogP contribution in [0.2, 0.25) is 0 Å². The number of methoxy groups -OCH3 is 2. The van der Waals surface area contributed by atoms with Crippen LogP contribution in [0.15, 0.2) is 0 Å². The van der Waals surface area contributed by atoms with Gasteiger partial charge in [-0.3, -0.25) is 4.90 Å². The molecule has 0 saturated carbocycles. The molecule has 0 aromatic carbocycles. The van der Waals surface area contributed by atoms with E-state index in [4.69, 9.17) is 15.2 Å². The highest BCUT2D eigenvalue weighted by atomic mass is 16.5. The van der Waals surface area contributed by atoms with Crippen molar-refractivity contribution in [2.75, 3.05) is 47.1 Å². The molecule has 0 heterocycles. The van der Waals surface area contributed by atoms with Crippen molar-refractivity contribution in [1.29, 1.82) is 0 Å². The van der Waals surface area contributed by atoms with Gasteiger partial charge in [0.05, 0.1) is 13.2 Å². The standard InChI is InChI=1S/C12H28N2O2/c1-4-5-6-12(13)11-14(7-9-15-2)8-10-16-3/h12H,4-11,13H2,1-3H3. The van der Waals surface area contributed by atoms with Crippen LogP contribution < -0.4 is 5.73 Å². The minimum atomic E-state index is 0.272. The molecule has 0 rings (SSSR count). The van der Waals surface area contributed by atoms with Crippen molar-refractivity contribution in [3.63, 3.8) is 0 Å². The van der Waals surface area contributed by atoms with Gasteiger partial charge in [-0.1, -0.05) is 19.8 Å². The number of nitrogens with two attached hydrogens (primary N) is 1. The Balaban J connectivity index is 3.78. The van der Waals surface area contributed by atoms with Gasteiger partial charge in [0.25, 0.3) is 0 Å². The van der Waals surface area contributed by atoms with Crippen LogP contribution in [-0.4, -0.2) is 58.0 Å². The molecule has 1 unspecified atom stereocenters. The summed E-state index contributed by atoms with van der Waals surface area (Å²) in [7, 11) is 3.46. The molecule has 0 aromatic heterocycles. The molecule has 0 fully saturated rings. The van der Waals surface area contributed by atoms with Crippen LogP contribution in [-0.2, 0) is 9.47 Å². The Bertz CT molecular complexity index is 137. The van der Waals surface area contributed by atoms with E-state index in [2.05, 4.69) is 11.8 Å². The van der Waals surface area contributed by atoms with E-state index in [0.29, 0.717) is 0 Å². The van der Waals surface area contributed by atoms with Crippen molar-refractivity contribution >= 4 is 0 Å². The number of hydrogen-bond donors (Lipinski definition) is 1. The average Bonchev–Trinajstić information content (AvgIpc) is 2.30. The molecule has 98 valence electrons. The highest BCUT2D eigenvalue weighted by molar-refractivity contribution is 4.68. The van der Waals surface area contributed by atoms with Crippen LogP contribution in [0.4, 0.5) is 0 Å². The third-order valence-corrected chi connectivity index (χ3v) is 2.64. The first-order chi connectivity index (χ1) is 7.74. The summed E-state index contributed by atoms with van der Waals surface area (Å²) in [5.41, 5.74) is 6.08. The summed E-state index contributed by atoms with van der Waals surface area (Å²) in [5, 5.41) is 0. The van der Waals surface area contributed by atoms with E-state index in [0.717, 1.165) is 39.3 Å². The van der Waals surface area contributed by atoms with Gasteiger partial charge in [-0.25, -0.2) is 0 Å². The van der Waals surface area contributed by atoms with E-state index in [-0.39, 0.29) is 6.04 Å². The topological polar surface area (TPSA) is 47.7 Å². The Hall–Kier alpha value is -0.160. The summed E-state index contributed by atoms with van der Waals surface area (Å²) < 4.78 is 10.2. The zero-order chi connectivity index (χ0) is 12.2. The van der Waals surface area contributed by atoms with E-state index in [1.54, 1.807) is 14.2 Å². The summed E-state index contributed by atoms with van der Waals surface area (Å²) in [6, 6.07) is 0.272. The van der Waals surface area contributed by atoms with Crippen molar-refractivity contribution in [1.82, 2.24) is 4.90 Å². The number of rotatable bonds is 11. The van der Waals surface area contributed by atoms with Gasteiger partial charge in [0.15, 0.2) is 0 Å². The van der Waals surface area contributed by atoms with E-state index in [9.17, 15) is 0 Å². The second-order valence-electron chi connectivity index (χ2n) is 4.19. The zero-order valence-electron chi connectivity index (χ0n) is 11.1. The van der Waals surface area contributed by atoms with Crippen LogP contribution in [0, 0.1) is 0 Å². The molecule has 0 radical (unpaired) electrons. The lowest BCUT2D eigenvalue weighted by atomic mass is 10.1. The Morgan fingerprint density at radius 3 is 2.12 bits per heavy atom. The van der Waals surface area contributed by atoms with Gasteiger partial charge in [0, 0.05) is 39.9 Å². The second-order valence-corrected chi connectivity index (χ2v) is 4.19. The molecule has 0 aliphatic carbocycles. The summed E-state index contributed by atoms with van der Waals surface area (Å²) in [4.78, 5) is 2.31. The fourth-order valence-electron chi connectivity index (χ4n) is 1.62. The number of nitrogens with zero attached hydrogens (tertiary/aromatic N) is 1. The molecule has 0 bridgehead atoms. The summed E-state index contributed by atoms with van der Waals surface area (Å²) in [6.45, 7) is 6.50. The van der Waals surface area contributed by atoms with E-state index >= 15 is 0 Å². The van der Waals surface area contributed by atoms with Crippen LogP contribution in [0.25, 0.3) is 0 Å². The first kappa shape index (κ1) is 15.8. The SMILES string of the molecule is CCCCC(N)CN(CCOC)CCOC. The normalized spacial score (nSPS) is 13.3. The minimum absolute atomic E-state index is 0.272. The largest absolute Gasteiger partial charge is 0.383 e. The van der Waals surface area contributed by atoms with Crippen LogP contribution >= 0.6 is 0 Å². The lowest BCUT2D eigenvalue weighted by Gasteiger charge is -2.25. The molecular weight excluding hydrogens is 204 g/mol. The fourth-order valence-corrected chi connectivity index (χ4v) is 1.62. The van der Waals surface area contributed by atoms with Crippen molar-refractivity contribution in [2.45, 2.75) is 32.2 Å². The zero-order valence-corrected chi connectivity index (χ0v) is 11.1. The first-order valence-electron chi connectivity index (χ1n) is 6.20. The maximum atomic E-state index is 6.08. The molecule has 0 spiro atoms. The number of unbranched alkanes of at least 4 members (excludes halogenated alkanes) is 1. The summed E-state index contributed by atoms with van der Waals surface area (Å²) in [6.07, 6.45) is 3.53. The highest BCUT2D eigenvalue weighted by Crippen LogP contribution is 2.01. The molecule has 0 aliphatic heterocycles. The molecule has 0 saturated heterocycles. The quantitative estimate of drug-likeness (QED) is 0.579. The van der Waals surface area contributed by atoms with E-state index < -0.39 is 0 Å². The predicted molar refractivity (Wildman–Crippen MR) is 67.7 cm³/mol. The summed E-state index contributed by atoms with van der Waals surface area (Å²) in [5.74, 6) is 0. The molecule has 0 aromatic rings. The number of ether oxygens (including phenoxy) is 2. The van der Waals surface area contributed by atoms with Gasteiger partial charge in [-0.15, -0.1) is 0 Å². The monoisotopic (exact) mass is 232 g/mol. The van der Waals surface area contributed by atoms with Crippen molar-refractivity contribution in [3.8, 4) is 0 Å². The molecule has 16 heavy (non-hydrogen) atoms. The number of hydrogen-bond acceptors (Lipinski definition) is 4. The molecule has 0 amide bonds. The minimum Gasteiger partial charge on any atom is -0.383 e. The second kappa shape index (κ2) is 11.3. The Morgan fingerprint density at radius 2 is 1.69 bits per heavy atom. The third-order valence-electron chi connectivity index (χ3n) is 2.64. The Labute approximate surface area is 100 Å². The Morgan fingerprint density at radius 1 is 1.12 bits per heavy atom. The van der Waals surface area contributed by atoms with Gasteiger partial charge in [0.2, 0.25) is 0 Å². The van der Waals surface area contributed by atoms with Crippen molar-refractivity contribution in [2.24, 2.45) is 5.73 Å². The van der Waals surface area contributed by atoms with Gasteiger partial charge >= 0.3 is 0 Å². The van der Waals surface area contributed by atoms with Gasteiger partial charge in [0.1, 0.15) is 0 Å². The van der Waals surface area contributed by atoms with E-state index in [1.807, 2.05) is 0 Å². The van der Waals surface area contributed by atoms with Crippen LogP contribution in [0.5, 0.6) is 0 Å². The van der Waals surface area contributed by atoms with Crippen LogP contribution in [0.1, 0.15) is 26.2 Å². The average molecular weight is 232 g/mol. The fraction of sp³-hybridized carbons (Fsp3) is 1.00. The van der Waals surface area contributed by atoms with E-state index in [1.165, 1.54) is 12.8 Å². The van der Waals surface area contributed by atoms with Crippen molar-refractivity contribution in [3.05, 3.63) is 0 Å². The molecule has 0 aliphatic rings. The molecule has 4 heteroatoms. The van der Waals surface area contributed by atoms with Gasteiger partial charge in [-0.05, 0) is 6.42 Å². The molecule has 1 atom stereocenters. The molecule has 4 nitrogen and oxygen atoms in total. The maximum absolute atomic E-state index is 6.08. The lowest BCUT2D eigenvalue weighted by Crippen LogP contribution is -2.40. The maximum Gasteiger partial charge on any atom is 0.0589 e. The third kappa shape index (κ3) is 9.09. The van der Waals surface area contributed by atoms with Gasteiger partial charge in [-0.2, -0.15) is 0 Å². The van der Waals surface area contributed by atoms with Crippen LogP contribution in [0.3, 0.4) is 0 Å². The smallest absolute Gasteiger partial charge is 0.0589 e. The molecular formula is C12H28N2O2. The Kier molecular flexibility index (Phi) is 11.2. The first-order valence-corrected chi connectivity index (χ1v) is 6.20. The van der Waals surface area contributed by atoms with Crippen molar-refractivity contribution < 1.29 is 9.47 Å². The highest BCUT2D eigenvalue weighted by Gasteiger charge is 2.09.